The van der Waals surface area contributed by atoms with Crippen LogP contribution >= 0.6 is 7.60 Å². The summed E-state index contributed by atoms with van der Waals surface area (Å²) in [6, 6.07) is 7.35. The molecule has 0 radical (unpaired) electrons. The number of carboxylic acid groups (broad SMARTS) is 1. The monoisotopic (exact) mass is 411 g/mol. The first-order valence-electron chi connectivity index (χ1n) is 9.44. The van der Waals surface area contributed by atoms with Crippen LogP contribution in [0, 0.1) is 0 Å². The fourth-order valence-corrected chi connectivity index (χ4v) is 5.51. The summed E-state index contributed by atoms with van der Waals surface area (Å²) in [6.07, 6.45) is 0.536. The molecule has 0 aliphatic carbocycles. The minimum atomic E-state index is -3.76. The van der Waals surface area contributed by atoms with Crippen molar-refractivity contribution < 1.29 is 33.0 Å². The minimum absolute atomic E-state index is 0.00179. The van der Waals surface area contributed by atoms with Gasteiger partial charge in [-0.25, -0.2) is 4.79 Å². The molecule has 1 saturated heterocycles. The Hall–Kier alpha value is -1.70. The first kappa shape index (κ1) is 21.0. The summed E-state index contributed by atoms with van der Waals surface area (Å²) in [5.41, 5.74) is 2.04. The van der Waals surface area contributed by atoms with Crippen LogP contribution in [0.2, 0.25) is 0 Å². The Labute approximate surface area is 164 Å². The maximum absolute atomic E-state index is 13.4. The normalized spacial score (nSPS) is 20.1. The third-order valence-corrected chi connectivity index (χ3v) is 6.88. The van der Waals surface area contributed by atoms with Crippen LogP contribution < -0.4 is 5.32 Å². The van der Waals surface area contributed by atoms with E-state index in [4.69, 9.17) is 18.5 Å². The van der Waals surface area contributed by atoms with Crippen LogP contribution in [-0.2, 0) is 27.9 Å². The van der Waals surface area contributed by atoms with Gasteiger partial charge in [-0.3, -0.25) is 4.57 Å². The van der Waals surface area contributed by atoms with E-state index in [0.717, 1.165) is 5.56 Å². The lowest BCUT2D eigenvalue weighted by molar-refractivity contribution is -0.132. The summed E-state index contributed by atoms with van der Waals surface area (Å²) < 4.78 is 35.3. The van der Waals surface area contributed by atoms with Gasteiger partial charge < -0.3 is 28.9 Å². The smallest absolute Gasteiger partial charge is 0.357 e. The highest BCUT2D eigenvalue weighted by molar-refractivity contribution is 7.55. The molecule has 1 unspecified atom stereocenters. The highest BCUT2D eigenvalue weighted by Gasteiger charge is 2.45. The Balaban J connectivity index is 2.06. The number of para-hydroxylation sites is 1. The summed E-state index contributed by atoms with van der Waals surface area (Å²) in [7, 11) is -3.76. The molecule has 28 heavy (non-hydrogen) atoms. The van der Waals surface area contributed by atoms with Crippen LogP contribution in [0.5, 0.6) is 0 Å². The zero-order valence-corrected chi connectivity index (χ0v) is 16.9. The second-order valence-corrected chi connectivity index (χ2v) is 8.49. The number of carboxylic acids is 1. The second kappa shape index (κ2) is 9.20. The molecule has 0 amide bonds. The van der Waals surface area contributed by atoms with Crippen molar-refractivity contribution in [2.75, 3.05) is 31.7 Å². The molecule has 0 aromatic heterocycles. The first-order chi connectivity index (χ1) is 13.5. The molecule has 8 nitrogen and oxygen atoms in total. The Morgan fingerprint density at radius 2 is 1.86 bits per heavy atom. The molecular formula is C19H26NO7P. The van der Waals surface area contributed by atoms with Gasteiger partial charge in [-0.1, -0.05) is 18.2 Å². The molecule has 154 valence electrons. The van der Waals surface area contributed by atoms with Gasteiger partial charge in [-0.05, 0) is 31.9 Å². The molecule has 0 spiro atoms. The lowest BCUT2D eigenvalue weighted by Gasteiger charge is -2.34. The standard InChI is InChI=1S/C19H26NO7P/c1-3-26-28(23,27-4-2)18-17(19(21)22)14(9-10-16-24-11-12-25-16)13-7-5-6-8-15(13)20-18/h5-8,16,18,20H,3-4,9-12H2,1-2H3,(H,21,22). The van der Waals surface area contributed by atoms with Gasteiger partial charge in [0.25, 0.3) is 0 Å². The third kappa shape index (κ3) is 4.31. The Morgan fingerprint density at radius 1 is 1.21 bits per heavy atom. The van der Waals surface area contributed by atoms with Crippen molar-refractivity contribution in [3.05, 3.63) is 35.4 Å². The predicted molar refractivity (Wildman–Crippen MR) is 104 cm³/mol. The van der Waals surface area contributed by atoms with E-state index >= 15 is 0 Å². The lowest BCUT2D eigenvalue weighted by Crippen LogP contribution is -2.33. The van der Waals surface area contributed by atoms with Crippen molar-refractivity contribution in [2.45, 2.75) is 38.8 Å². The maximum Gasteiger partial charge on any atom is 0.357 e. The number of aliphatic carboxylic acids is 1. The van der Waals surface area contributed by atoms with Gasteiger partial charge in [0.1, 0.15) is 0 Å². The largest absolute Gasteiger partial charge is 0.478 e. The van der Waals surface area contributed by atoms with E-state index in [1.54, 1.807) is 13.8 Å². The van der Waals surface area contributed by atoms with Crippen molar-refractivity contribution in [1.29, 1.82) is 0 Å². The van der Waals surface area contributed by atoms with Crippen molar-refractivity contribution in [3.63, 3.8) is 0 Å². The van der Waals surface area contributed by atoms with Gasteiger partial charge in [0.2, 0.25) is 0 Å². The molecule has 2 heterocycles. The van der Waals surface area contributed by atoms with Crippen molar-refractivity contribution in [3.8, 4) is 0 Å². The summed E-state index contributed by atoms with van der Waals surface area (Å²) >= 11 is 0. The van der Waals surface area contributed by atoms with Crippen LogP contribution in [0.15, 0.2) is 29.8 Å². The van der Waals surface area contributed by atoms with E-state index in [1.807, 2.05) is 24.3 Å². The van der Waals surface area contributed by atoms with Crippen LogP contribution in [0.1, 0.15) is 32.3 Å². The lowest BCUT2D eigenvalue weighted by atomic mass is 9.91. The van der Waals surface area contributed by atoms with Crippen molar-refractivity contribution in [2.24, 2.45) is 0 Å². The van der Waals surface area contributed by atoms with E-state index in [-0.39, 0.29) is 25.1 Å². The number of fused-ring (bicyclic) bond motifs is 1. The van der Waals surface area contributed by atoms with E-state index in [1.165, 1.54) is 0 Å². The number of allylic oxidation sites excluding steroid dienone is 1. The fourth-order valence-electron chi connectivity index (χ4n) is 3.54. The summed E-state index contributed by atoms with van der Waals surface area (Å²) in [4.78, 5) is 12.2. The summed E-state index contributed by atoms with van der Waals surface area (Å²) in [5, 5.41) is 13.1. The molecule has 9 heteroatoms. The van der Waals surface area contributed by atoms with Crippen molar-refractivity contribution >= 4 is 24.8 Å². The summed E-state index contributed by atoms with van der Waals surface area (Å²) in [6.45, 7) is 4.73. The zero-order valence-electron chi connectivity index (χ0n) is 16.1. The molecule has 0 saturated carbocycles. The maximum atomic E-state index is 13.4. The van der Waals surface area contributed by atoms with Gasteiger partial charge in [0.15, 0.2) is 12.1 Å². The van der Waals surface area contributed by atoms with Crippen LogP contribution in [0.3, 0.4) is 0 Å². The number of hydrogen-bond donors (Lipinski definition) is 2. The molecule has 2 N–H and O–H groups in total. The van der Waals surface area contributed by atoms with Gasteiger partial charge in [-0.15, -0.1) is 0 Å². The third-order valence-electron chi connectivity index (χ3n) is 4.63. The SMILES string of the molecule is CCOP(=O)(OCC)C1Nc2ccccc2C(CCC2OCCO2)=C1C(=O)O. The Morgan fingerprint density at radius 3 is 2.46 bits per heavy atom. The number of carbonyl (C=O) groups is 1. The number of ether oxygens (including phenoxy) is 2. The molecule has 2 aliphatic rings. The topological polar surface area (TPSA) is 103 Å². The Bertz CT molecular complexity index is 778. The van der Waals surface area contributed by atoms with E-state index in [2.05, 4.69) is 5.32 Å². The fraction of sp³-hybridized carbons (Fsp3) is 0.526. The van der Waals surface area contributed by atoms with Crippen LogP contribution in [0.25, 0.3) is 5.57 Å². The quantitative estimate of drug-likeness (QED) is 0.593. The van der Waals surface area contributed by atoms with Gasteiger partial charge in [0, 0.05) is 17.7 Å². The molecule has 1 aromatic carbocycles. The zero-order chi connectivity index (χ0) is 20.1. The Kier molecular flexibility index (Phi) is 6.91. The molecule has 0 bridgehead atoms. The molecule has 3 rings (SSSR count). The van der Waals surface area contributed by atoms with Gasteiger partial charge in [-0.2, -0.15) is 0 Å². The number of nitrogens with one attached hydrogen (secondary N) is 1. The molecular weight excluding hydrogens is 385 g/mol. The highest BCUT2D eigenvalue weighted by atomic mass is 31.2. The minimum Gasteiger partial charge on any atom is -0.478 e. The average molecular weight is 411 g/mol. The van der Waals surface area contributed by atoms with Crippen LogP contribution in [0.4, 0.5) is 5.69 Å². The van der Waals surface area contributed by atoms with Gasteiger partial charge >= 0.3 is 13.6 Å². The number of hydrogen-bond acceptors (Lipinski definition) is 7. The second-order valence-electron chi connectivity index (χ2n) is 6.38. The van der Waals surface area contributed by atoms with Crippen molar-refractivity contribution in [1.82, 2.24) is 0 Å². The number of benzene rings is 1. The predicted octanol–water partition coefficient (Wildman–Crippen LogP) is 3.70. The van der Waals surface area contributed by atoms with E-state index in [9.17, 15) is 14.5 Å². The van der Waals surface area contributed by atoms with E-state index < -0.39 is 19.3 Å². The molecule has 1 aromatic rings. The highest BCUT2D eigenvalue weighted by Crippen LogP contribution is 2.58. The number of anilines is 1. The molecule has 2 aliphatic heterocycles. The van der Waals surface area contributed by atoms with Gasteiger partial charge in [0.05, 0.1) is 32.0 Å². The van der Waals surface area contributed by atoms with Crippen LogP contribution in [-0.4, -0.2) is 49.6 Å². The summed E-state index contributed by atoms with van der Waals surface area (Å²) in [5.74, 6) is -2.25. The molecule has 1 atom stereocenters. The first-order valence-corrected chi connectivity index (χ1v) is 11.1. The van der Waals surface area contributed by atoms with E-state index in [0.29, 0.717) is 37.3 Å². The average Bonchev–Trinajstić information content (AvgIpc) is 3.19. The number of rotatable bonds is 9. The molecule has 1 fully saturated rings.